The number of nitrogens with one attached hydrogen (secondary N) is 2. The van der Waals surface area contributed by atoms with Gasteiger partial charge in [-0.3, -0.25) is 9.59 Å². The number of benzene rings is 2. The molecule has 2 N–H and O–H groups in total. The molecule has 8 heteroatoms. The third-order valence-corrected chi connectivity index (χ3v) is 5.09. The summed E-state index contributed by atoms with van der Waals surface area (Å²) in [4.78, 5) is 34.0. The minimum atomic E-state index is -0.389. The Morgan fingerprint density at radius 1 is 1.21 bits per heavy atom. The molecule has 1 atom stereocenters. The highest BCUT2D eigenvalue weighted by Gasteiger charge is 2.34. The highest BCUT2D eigenvalue weighted by atomic mass is 16.5. The van der Waals surface area contributed by atoms with Crippen molar-refractivity contribution in [3.63, 3.8) is 0 Å². The fourth-order valence-electron chi connectivity index (χ4n) is 3.56. The van der Waals surface area contributed by atoms with Crippen molar-refractivity contribution in [3.8, 4) is 11.5 Å². The Morgan fingerprint density at radius 3 is 2.83 bits per heavy atom. The molecule has 1 aliphatic heterocycles. The van der Waals surface area contributed by atoms with Crippen LogP contribution in [0.1, 0.15) is 12.0 Å². The minimum Gasteiger partial charge on any atom is -0.493 e. The average Bonchev–Trinajstić information content (AvgIpc) is 3.34. The molecule has 150 valence electrons. The van der Waals surface area contributed by atoms with E-state index in [9.17, 15) is 9.59 Å². The van der Waals surface area contributed by atoms with Crippen LogP contribution in [0.2, 0.25) is 0 Å². The molecule has 2 heterocycles. The number of likely N-dealkylation sites (tertiary alicyclic amines) is 1. The maximum absolute atomic E-state index is 12.7. The fraction of sp³-hybridized carbons (Fsp3) is 0.286. The van der Waals surface area contributed by atoms with Gasteiger partial charge < -0.3 is 24.7 Å². The summed E-state index contributed by atoms with van der Waals surface area (Å²) in [7, 11) is 3.15. The molecule has 29 heavy (non-hydrogen) atoms. The molecule has 8 nitrogen and oxygen atoms in total. The maximum atomic E-state index is 12.7. The number of nitrogens with zero attached hydrogens (tertiary/aromatic N) is 2. The molecule has 3 aromatic rings. The third kappa shape index (κ3) is 3.87. The lowest BCUT2D eigenvalue weighted by atomic mass is 10.1. The van der Waals surface area contributed by atoms with E-state index in [-0.39, 0.29) is 24.2 Å². The summed E-state index contributed by atoms with van der Waals surface area (Å²) >= 11 is 0. The predicted molar refractivity (Wildman–Crippen MR) is 108 cm³/mol. The number of methoxy groups -OCH3 is 2. The molecule has 0 spiro atoms. The number of anilines is 1. The van der Waals surface area contributed by atoms with Gasteiger partial charge >= 0.3 is 0 Å². The lowest BCUT2D eigenvalue weighted by molar-refractivity contribution is -0.128. The molecule has 0 bridgehead atoms. The minimum absolute atomic E-state index is 0.0380. The van der Waals surface area contributed by atoms with Gasteiger partial charge in [0, 0.05) is 25.2 Å². The standard InChI is InChI=1S/C21H22N4O4/c1-28-18-6-3-13(7-19(18)29-2)10-25-11-14(8-20(25)26)21(27)24-15-4-5-16-17(9-15)23-12-22-16/h3-7,9,12,14H,8,10-11H2,1-2H3,(H,22,23)(H,24,27). The van der Waals surface area contributed by atoms with Crippen molar-refractivity contribution in [1.82, 2.24) is 14.9 Å². The van der Waals surface area contributed by atoms with E-state index in [0.29, 0.717) is 30.3 Å². The number of imidazole rings is 1. The summed E-state index contributed by atoms with van der Waals surface area (Å²) in [6.07, 6.45) is 1.81. The van der Waals surface area contributed by atoms with E-state index in [0.717, 1.165) is 16.6 Å². The summed E-state index contributed by atoms with van der Waals surface area (Å²) in [6, 6.07) is 11.0. The van der Waals surface area contributed by atoms with Crippen LogP contribution in [0, 0.1) is 5.92 Å². The van der Waals surface area contributed by atoms with Crippen LogP contribution < -0.4 is 14.8 Å². The molecular formula is C21H22N4O4. The average molecular weight is 394 g/mol. The number of carbonyl (C=O) groups excluding carboxylic acids is 2. The van der Waals surface area contributed by atoms with Gasteiger partial charge in [-0.2, -0.15) is 0 Å². The molecule has 0 saturated carbocycles. The van der Waals surface area contributed by atoms with Gasteiger partial charge in [0.15, 0.2) is 11.5 Å². The lowest BCUT2D eigenvalue weighted by Gasteiger charge is -2.18. The predicted octanol–water partition coefficient (Wildman–Crippen LogP) is 2.57. The van der Waals surface area contributed by atoms with Crippen molar-refractivity contribution in [1.29, 1.82) is 0 Å². The van der Waals surface area contributed by atoms with Gasteiger partial charge in [0.1, 0.15) is 0 Å². The first kappa shape index (κ1) is 18.8. The Balaban J connectivity index is 1.41. The number of fused-ring (bicyclic) bond motifs is 1. The van der Waals surface area contributed by atoms with Gasteiger partial charge in [-0.15, -0.1) is 0 Å². The number of carbonyl (C=O) groups is 2. The van der Waals surface area contributed by atoms with E-state index in [2.05, 4.69) is 15.3 Å². The molecule has 1 aliphatic rings. The number of amides is 2. The number of rotatable bonds is 6. The van der Waals surface area contributed by atoms with Gasteiger partial charge in [0.05, 0.1) is 37.5 Å². The number of hydrogen-bond acceptors (Lipinski definition) is 5. The maximum Gasteiger partial charge on any atom is 0.229 e. The number of hydrogen-bond donors (Lipinski definition) is 2. The van der Waals surface area contributed by atoms with Gasteiger partial charge in [-0.25, -0.2) is 4.98 Å². The first-order valence-corrected chi connectivity index (χ1v) is 9.30. The summed E-state index contributed by atoms with van der Waals surface area (Å²) in [5.41, 5.74) is 3.28. The van der Waals surface area contributed by atoms with E-state index >= 15 is 0 Å². The molecule has 1 saturated heterocycles. The second-order valence-corrected chi connectivity index (χ2v) is 6.99. The molecule has 1 fully saturated rings. The Bertz CT molecular complexity index is 1060. The van der Waals surface area contributed by atoms with E-state index in [1.54, 1.807) is 31.5 Å². The zero-order chi connectivity index (χ0) is 20.4. The zero-order valence-electron chi connectivity index (χ0n) is 16.3. The van der Waals surface area contributed by atoms with Crippen molar-refractivity contribution >= 4 is 28.5 Å². The molecule has 0 aliphatic carbocycles. The first-order chi connectivity index (χ1) is 14.1. The van der Waals surface area contributed by atoms with Gasteiger partial charge in [-0.05, 0) is 35.9 Å². The van der Waals surface area contributed by atoms with E-state index in [4.69, 9.17) is 9.47 Å². The van der Waals surface area contributed by atoms with Gasteiger partial charge in [0.2, 0.25) is 11.8 Å². The van der Waals surface area contributed by atoms with Crippen LogP contribution in [0.4, 0.5) is 5.69 Å². The molecule has 1 aromatic heterocycles. The Labute approximate surface area is 167 Å². The van der Waals surface area contributed by atoms with Gasteiger partial charge in [-0.1, -0.05) is 6.07 Å². The molecular weight excluding hydrogens is 372 g/mol. The van der Waals surface area contributed by atoms with Crippen LogP contribution >= 0.6 is 0 Å². The highest BCUT2D eigenvalue weighted by Crippen LogP contribution is 2.29. The highest BCUT2D eigenvalue weighted by molar-refractivity contribution is 5.98. The Hall–Kier alpha value is -3.55. The monoisotopic (exact) mass is 394 g/mol. The Kier molecular flexibility index (Phi) is 5.07. The number of H-pyrrole nitrogens is 1. The van der Waals surface area contributed by atoms with E-state index in [1.165, 1.54) is 0 Å². The number of aromatic amines is 1. The van der Waals surface area contributed by atoms with E-state index in [1.807, 2.05) is 30.3 Å². The molecule has 2 aromatic carbocycles. The van der Waals surface area contributed by atoms with Crippen molar-refractivity contribution < 1.29 is 19.1 Å². The summed E-state index contributed by atoms with van der Waals surface area (Å²) in [5, 5.41) is 2.90. The molecule has 1 unspecified atom stereocenters. The zero-order valence-corrected chi connectivity index (χ0v) is 16.3. The molecule has 2 amide bonds. The van der Waals surface area contributed by atoms with Crippen molar-refractivity contribution in [2.75, 3.05) is 26.1 Å². The van der Waals surface area contributed by atoms with Crippen LogP contribution in [0.25, 0.3) is 11.0 Å². The fourth-order valence-corrected chi connectivity index (χ4v) is 3.56. The lowest BCUT2D eigenvalue weighted by Crippen LogP contribution is -2.28. The normalized spacial score (nSPS) is 16.3. The van der Waals surface area contributed by atoms with Gasteiger partial charge in [0.25, 0.3) is 0 Å². The van der Waals surface area contributed by atoms with Crippen LogP contribution in [0.15, 0.2) is 42.7 Å². The summed E-state index contributed by atoms with van der Waals surface area (Å²) in [5.74, 6) is 0.659. The van der Waals surface area contributed by atoms with Crippen molar-refractivity contribution in [2.45, 2.75) is 13.0 Å². The van der Waals surface area contributed by atoms with Crippen molar-refractivity contribution in [2.24, 2.45) is 5.92 Å². The SMILES string of the molecule is COc1ccc(CN2CC(C(=O)Nc3ccc4nc[nH]c4c3)CC2=O)cc1OC. The van der Waals surface area contributed by atoms with Crippen LogP contribution in [-0.2, 0) is 16.1 Å². The third-order valence-electron chi connectivity index (χ3n) is 5.09. The van der Waals surface area contributed by atoms with Crippen LogP contribution in [0.3, 0.4) is 0 Å². The van der Waals surface area contributed by atoms with Crippen LogP contribution in [-0.4, -0.2) is 47.4 Å². The smallest absolute Gasteiger partial charge is 0.229 e. The first-order valence-electron chi connectivity index (χ1n) is 9.30. The Morgan fingerprint density at radius 2 is 2.03 bits per heavy atom. The summed E-state index contributed by atoms with van der Waals surface area (Å²) in [6.45, 7) is 0.800. The second-order valence-electron chi connectivity index (χ2n) is 6.99. The molecule has 4 rings (SSSR count). The summed E-state index contributed by atoms with van der Waals surface area (Å²) < 4.78 is 10.6. The largest absolute Gasteiger partial charge is 0.493 e. The number of aromatic nitrogens is 2. The molecule has 0 radical (unpaired) electrons. The van der Waals surface area contributed by atoms with Crippen molar-refractivity contribution in [3.05, 3.63) is 48.3 Å². The quantitative estimate of drug-likeness (QED) is 0.670. The number of ether oxygens (including phenoxy) is 2. The van der Waals surface area contributed by atoms with Crippen LogP contribution in [0.5, 0.6) is 11.5 Å². The topological polar surface area (TPSA) is 96.5 Å². The second kappa shape index (κ2) is 7.83. The van der Waals surface area contributed by atoms with E-state index < -0.39 is 0 Å².